The third-order valence-electron chi connectivity index (χ3n) is 35.0. The molecule has 18 rings (SSSR count). The Morgan fingerprint density at radius 2 is 0.389 bits per heavy atom. The summed E-state index contributed by atoms with van der Waals surface area (Å²) in [5, 5.41) is 0. The van der Waals surface area contributed by atoms with Crippen molar-refractivity contribution >= 4 is 0 Å². The number of benzene rings is 9. The Balaban J connectivity index is 0.000000182. The maximum atomic E-state index is 5.44. The van der Waals surface area contributed by atoms with Crippen LogP contribution in [0.2, 0.25) is 0 Å². The van der Waals surface area contributed by atoms with Crippen molar-refractivity contribution in [3.8, 4) is 135 Å². The maximum absolute atomic E-state index is 5.44. The summed E-state index contributed by atoms with van der Waals surface area (Å²) >= 11 is 0. The fourth-order valence-corrected chi connectivity index (χ4v) is 21.3. The number of rotatable bonds is 12. The summed E-state index contributed by atoms with van der Waals surface area (Å²) in [6.07, 6.45) is 5.92. The molecule has 0 atom stereocenters. The molecular weight excluding hydrogens is 2280 g/mol. The van der Waals surface area contributed by atoms with E-state index < -0.39 is 0 Å². The number of hydrogen-bond donors (Lipinski definition) is 0. The molecule has 15 aromatic rings. The Kier molecular flexibility index (Phi) is 30.4. The Morgan fingerprint density at radius 1 is 0.181 bits per heavy atom. The number of fused-ring (bicyclic) bond motifs is 3. The van der Waals surface area contributed by atoms with Crippen LogP contribution in [0.3, 0.4) is 0 Å². The number of hydrogen-bond acceptors (Lipinski definition) is 6. The van der Waals surface area contributed by atoms with Crippen LogP contribution < -0.4 is 0 Å². The van der Waals surface area contributed by atoms with E-state index in [1.54, 1.807) is 0 Å². The predicted octanol–water partition coefficient (Wildman–Crippen LogP) is 36.4. The minimum atomic E-state index is -0.00581. The van der Waals surface area contributed by atoms with Crippen molar-refractivity contribution in [1.29, 1.82) is 0 Å². The molecule has 3 aliphatic rings. The van der Waals surface area contributed by atoms with Gasteiger partial charge < -0.3 is 15.0 Å². The van der Waals surface area contributed by atoms with Crippen LogP contribution in [0.5, 0.6) is 0 Å². The molecule has 3 radical (unpaired) electrons. The third kappa shape index (κ3) is 20.9. The molecule has 0 fully saturated rings. The predicted molar refractivity (Wildman–Crippen MR) is 600 cm³/mol. The first-order valence-corrected chi connectivity index (χ1v) is 51.2. The molecule has 144 heavy (non-hydrogen) atoms. The molecule has 753 valence electrons. The van der Waals surface area contributed by atoms with Crippen LogP contribution >= 0.6 is 0 Å². The maximum Gasteiger partial charge on any atom is 0.0730 e. The van der Waals surface area contributed by atoms with Gasteiger partial charge in [0.1, 0.15) is 0 Å². The van der Waals surface area contributed by atoms with Crippen molar-refractivity contribution in [3.63, 3.8) is 0 Å². The Morgan fingerprint density at radius 3 is 0.653 bits per heavy atom. The molecule has 6 aromatic heterocycles. The molecular formula is C135H153Ir3N6-3. The van der Waals surface area contributed by atoms with Gasteiger partial charge in [-0.05, 0) is 214 Å². The molecule has 0 aliphatic heterocycles. The quantitative estimate of drug-likeness (QED) is 0.113. The molecule has 0 saturated heterocycles. The zero-order valence-electron chi connectivity index (χ0n) is 92.7. The molecule has 3 aliphatic carbocycles. The summed E-state index contributed by atoms with van der Waals surface area (Å²) in [5.74, 6) is 0. The van der Waals surface area contributed by atoms with Gasteiger partial charge in [0.2, 0.25) is 0 Å². The Labute approximate surface area is 906 Å². The molecule has 0 unspecified atom stereocenters. The van der Waals surface area contributed by atoms with Crippen LogP contribution in [-0.4, -0.2) is 29.9 Å². The van der Waals surface area contributed by atoms with Gasteiger partial charge in [-0.15, -0.1) is 105 Å². The van der Waals surface area contributed by atoms with Crippen molar-refractivity contribution in [2.24, 2.45) is 16.2 Å². The van der Waals surface area contributed by atoms with E-state index >= 15 is 0 Å². The second-order valence-electron chi connectivity index (χ2n) is 51.8. The monoisotopic (exact) mass is 2440 g/mol. The number of aromatic nitrogens is 6. The minimum absolute atomic E-state index is 0. The van der Waals surface area contributed by atoms with E-state index in [1.807, 2.05) is 30.7 Å². The molecule has 6 heterocycles. The first-order chi connectivity index (χ1) is 65.4. The van der Waals surface area contributed by atoms with E-state index in [9.17, 15) is 0 Å². The largest absolute Gasteiger partial charge is 0.304 e. The van der Waals surface area contributed by atoms with E-state index in [4.69, 9.17) is 29.9 Å². The second-order valence-corrected chi connectivity index (χ2v) is 51.8. The number of pyridine rings is 6. The van der Waals surface area contributed by atoms with E-state index in [-0.39, 0.29) is 142 Å². The van der Waals surface area contributed by atoms with Gasteiger partial charge in [-0.1, -0.05) is 419 Å². The van der Waals surface area contributed by atoms with Gasteiger partial charge in [0.25, 0.3) is 0 Å². The molecule has 9 heteroatoms. The van der Waals surface area contributed by atoms with Gasteiger partial charge in [-0.2, -0.15) is 0 Å². The standard InChI is InChI=1S/C53H67N2.C45H51N2.C37H35N2.3Ir/c1-47(2,3)38-23-35(24-39(30-38)48(4,5)6)36-28-45(55-46(29-36)37-25-40(49(7,8)9)31-41(26-37)50(10,11)12)34-20-22-44(54-32-34)33-19-21-42-43(27-33)52(15,16)53(17,18)51(42,13)14;1-41(2,3)34-19-13-29(14-20-34)33-26-39(30-15-21-35(22-16-30)42(4,5)6)47-40(27-33)32-18-24-38(46-28-32)31-17-23-36-37(25-31)44(9,10)45(11,12)43(36,7)8;1-35(2)30-19-17-27(21-31(30)36(3,4)37(35,5)6)32-20-18-28(24-38-32)34-23-29(25-13-9-7-10-14-25)22-33(39-34)26-15-11-8-12-16-26;;;/h20-32H,1-18H3;13-16,18-28H,1-12H3;7-16,18-24H,1-6H3;;;/q3*-1;;;. The van der Waals surface area contributed by atoms with Gasteiger partial charge in [-0.25, -0.2) is 15.0 Å². The van der Waals surface area contributed by atoms with Crippen molar-refractivity contribution < 1.29 is 60.3 Å². The van der Waals surface area contributed by atoms with Crippen LogP contribution in [0.4, 0.5) is 0 Å². The Hall–Kier alpha value is -10.2. The summed E-state index contributed by atoms with van der Waals surface area (Å²) in [7, 11) is 0. The summed E-state index contributed by atoms with van der Waals surface area (Å²) in [6, 6.07) is 104. The summed E-state index contributed by atoms with van der Waals surface area (Å²) in [6.45, 7) is 84.0. The average molecular weight is 2440 g/mol. The zero-order valence-corrected chi connectivity index (χ0v) is 99.8. The van der Waals surface area contributed by atoms with E-state index in [0.29, 0.717) is 0 Å². The molecule has 0 spiro atoms. The van der Waals surface area contributed by atoms with Crippen molar-refractivity contribution in [2.45, 2.75) is 314 Å². The summed E-state index contributed by atoms with van der Waals surface area (Å²) in [4.78, 5) is 30.7. The van der Waals surface area contributed by atoms with Crippen LogP contribution in [0.15, 0.2) is 273 Å². The van der Waals surface area contributed by atoms with Crippen molar-refractivity contribution in [2.75, 3.05) is 0 Å². The molecule has 0 amide bonds. The van der Waals surface area contributed by atoms with Crippen molar-refractivity contribution in [1.82, 2.24) is 29.9 Å². The SMILES string of the molecule is CC(C)(C)c1cc(-c2cc(-c3ccc(-c4[c-]cc5c(c4)C(C)(C)C(C)(C)C5(C)C)nc3)nc(-c3cc(C(C)(C)C)cc(C(C)(C)C)c3)c2)cc(C(C)(C)C)c1.CC(C)(C)c1ccc(-c2cc(-c3ccc(C(C)(C)C)cc3)nc(-c3ccc(-c4[c-]cc5c(c4)C(C)(C)C(C)(C)C5(C)C)nc3)c2)cc1.CC1(C)c2c[c-]c(-c3ccc(-c4cc(-c5ccccc5)cc(-c5ccccc5)n4)cn3)cc2C(C)(C)C1(C)C.[Ir].[Ir].[Ir]. The summed E-state index contributed by atoms with van der Waals surface area (Å²) in [5.41, 5.74) is 42.1. The first kappa shape index (κ1) is 111. The van der Waals surface area contributed by atoms with Gasteiger partial charge in [0.15, 0.2) is 0 Å². The van der Waals surface area contributed by atoms with Gasteiger partial charge >= 0.3 is 0 Å². The first-order valence-electron chi connectivity index (χ1n) is 51.2. The van der Waals surface area contributed by atoms with Crippen LogP contribution in [0.1, 0.15) is 316 Å². The van der Waals surface area contributed by atoms with Crippen LogP contribution in [-0.2, 0) is 125 Å². The molecule has 0 bridgehead atoms. The second kappa shape index (κ2) is 39.5. The topological polar surface area (TPSA) is 77.3 Å². The Bertz CT molecular complexity index is 6920. The van der Waals surface area contributed by atoms with E-state index in [1.165, 1.54) is 89.0 Å². The average Bonchev–Trinajstić information content (AvgIpc) is 1.55. The zero-order chi connectivity index (χ0) is 102. The third-order valence-corrected chi connectivity index (χ3v) is 35.0. The fraction of sp³-hybridized carbons (Fsp3) is 0.378. The normalized spacial score (nSPS) is 16.2. The van der Waals surface area contributed by atoms with Gasteiger partial charge in [-0.3, -0.25) is 0 Å². The van der Waals surface area contributed by atoms with E-state index in [2.05, 4.69) is 510 Å². The smallest absolute Gasteiger partial charge is 0.0730 e. The van der Waals surface area contributed by atoms with Crippen LogP contribution in [0.25, 0.3) is 135 Å². The van der Waals surface area contributed by atoms with Crippen molar-refractivity contribution in [3.05, 3.63) is 358 Å². The molecule has 6 nitrogen and oxygen atoms in total. The molecule has 0 N–H and O–H groups in total. The molecule has 9 aromatic carbocycles. The fourth-order valence-electron chi connectivity index (χ4n) is 21.3. The minimum Gasteiger partial charge on any atom is -0.304 e. The van der Waals surface area contributed by atoms with Gasteiger partial charge in [0, 0.05) is 112 Å². The van der Waals surface area contributed by atoms with Gasteiger partial charge in [0.05, 0.1) is 34.2 Å². The van der Waals surface area contributed by atoms with Crippen LogP contribution in [0, 0.1) is 34.4 Å². The number of nitrogens with zero attached hydrogens (tertiary/aromatic N) is 6. The summed E-state index contributed by atoms with van der Waals surface area (Å²) < 4.78 is 0. The molecule has 0 saturated carbocycles. The van der Waals surface area contributed by atoms with E-state index in [0.717, 1.165) is 112 Å².